The first kappa shape index (κ1) is 20.9. The molecule has 0 spiro atoms. The van der Waals surface area contributed by atoms with Crippen molar-refractivity contribution < 1.29 is 22.7 Å². The highest BCUT2D eigenvalue weighted by atomic mass is 19.4. The van der Waals surface area contributed by atoms with Crippen LogP contribution < -0.4 is 5.32 Å². The molecule has 0 aromatic heterocycles. The summed E-state index contributed by atoms with van der Waals surface area (Å²) in [6.45, 7) is -0.0431. The van der Waals surface area contributed by atoms with Gasteiger partial charge < -0.3 is 10.1 Å². The molecule has 0 fully saturated rings. The Bertz CT molecular complexity index is 703. The zero-order chi connectivity index (χ0) is 19.7. The molecule has 27 heavy (non-hydrogen) atoms. The van der Waals surface area contributed by atoms with Crippen LogP contribution in [0.3, 0.4) is 0 Å². The number of ether oxygens (including phenoxy) is 1. The maximum atomic E-state index is 12.0. The van der Waals surface area contributed by atoms with E-state index in [2.05, 4.69) is 10.1 Å². The number of halogens is 3. The predicted octanol–water partition coefficient (Wildman–Crippen LogP) is 3.51. The van der Waals surface area contributed by atoms with E-state index in [4.69, 9.17) is 0 Å². The molecule has 0 bridgehead atoms. The lowest BCUT2D eigenvalue weighted by Crippen LogP contribution is -2.34. The van der Waals surface area contributed by atoms with E-state index in [0.717, 1.165) is 11.1 Å². The monoisotopic (exact) mass is 380 g/mol. The minimum Gasteiger partial charge on any atom is -0.367 e. The summed E-state index contributed by atoms with van der Waals surface area (Å²) in [4.78, 5) is 14.0. The third-order valence-electron chi connectivity index (χ3n) is 3.76. The maximum Gasteiger partial charge on any atom is 0.411 e. The fraction of sp³-hybridized carbons (Fsp3) is 0.350. The number of nitrogens with zero attached hydrogens (tertiary/aromatic N) is 1. The molecular formula is C20H23F3N2O2. The lowest BCUT2D eigenvalue weighted by molar-refractivity contribution is -0.176. The van der Waals surface area contributed by atoms with Crippen LogP contribution in [0, 0.1) is 0 Å². The zero-order valence-corrected chi connectivity index (χ0v) is 15.1. The van der Waals surface area contributed by atoms with Crippen LogP contribution in [0.5, 0.6) is 0 Å². The molecule has 0 unspecified atom stereocenters. The predicted molar refractivity (Wildman–Crippen MR) is 96.8 cm³/mol. The van der Waals surface area contributed by atoms with E-state index in [1.54, 1.807) is 24.3 Å². The first-order valence-electron chi connectivity index (χ1n) is 8.53. The van der Waals surface area contributed by atoms with Crippen LogP contribution in [0.2, 0.25) is 0 Å². The standard InChI is InChI=1S/C20H23F3N2O2/c1-25(12-17-5-3-2-4-6-17)13-19(26)24-11-16-7-9-18(10-8-16)14-27-15-20(21,22)23/h2-10H,11-15H2,1H3,(H,24,26). The molecule has 2 aromatic carbocycles. The summed E-state index contributed by atoms with van der Waals surface area (Å²) in [6.07, 6.45) is -4.32. The van der Waals surface area contributed by atoms with Crippen molar-refractivity contribution in [1.29, 1.82) is 0 Å². The Morgan fingerprint density at radius 1 is 1.00 bits per heavy atom. The Kier molecular flexibility index (Phi) is 7.82. The molecule has 0 saturated heterocycles. The van der Waals surface area contributed by atoms with Crippen LogP contribution >= 0.6 is 0 Å². The van der Waals surface area contributed by atoms with Crippen molar-refractivity contribution in [3.05, 3.63) is 71.3 Å². The average Bonchev–Trinajstić information content (AvgIpc) is 2.61. The van der Waals surface area contributed by atoms with Gasteiger partial charge in [0, 0.05) is 13.1 Å². The molecule has 4 nitrogen and oxygen atoms in total. The van der Waals surface area contributed by atoms with Gasteiger partial charge in [0.25, 0.3) is 0 Å². The first-order valence-corrected chi connectivity index (χ1v) is 8.53. The van der Waals surface area contributed by atoms with E-state index in [1.165, 1.54) is 0 Å². The van der Waals surface area contributed by atoms with Crippen molar-refractivity contribution in [3.63, 3.8) is 0 Å². The molecule has 7 heteroatoms. The van der Waals surface area contributed by atoms with Crippen LogP contribution in [0.25, 0.3) is 0 Å². The Balaban J connectivity index is 1.70. The van der Waals surface area contributed by atoms with E-state index >= 15 is 0 Å². The molecule has 0 atom stereocenters. The summed E-state index contributed by atoms with van der Waals surface area (Å²) in [5.41, 5.74) is 2.65. The number of hydrogen-bond acceptors (Lipinski definition) is 3. The zero-order valence-electron chi connectivity index (χ0n) is 15.1. The van der Waals surface area contributed by atoms with Gasteiger partial charge in [-0.25, -0.2) is 0 Å². The lowest BCUT2D eigenvalue weighted by Gasteiger charge is -2.16. The van der Waals surface area contributed by atoms with E-state index in [-0.39, 0.29) is 19.1 Å². The molecule has 0 heterocycles. The first-order chi connectivity index (χ1) is 12.8. The molecule has 2 aromatic rings. The summed E-state index contributed by atoms with van der Waals surface area (Å²) >= 11 is 0. The van der Waals surface area contributed by atoms with Gasteiger partial charge in [-0.05, 0) is 23.7 Å². The average molecular weight is 380 g/mol. The Morgan fingerprint density at radius 2 is 1.63 bits per heavy atom. The lowest BCUT2D eigenvalue weighted by atomic mass is 10.1. The minimum absolute atomic E-state index is 0.0916. The molecule has 0 radical (unpaired) electrons. The van der Waals surface area contributed by atoms with Gasteiger partial charge in [0.05, 0.1) is 13.2 Å². The molecule has 0 aliphatic carbocycles. The van der Waals surface area contributed by atoms with Gasteiger partial charge in [-0.3, -0.25) is 9.69 Å². The summed E-state index contributed by atoms with van der Waals surface area (Å²) in [7, 11) is 1.88. The summed E-state index contributed by atoms with van der Waals surface area (Å²) in [6, 6.07) is 16.8. The SMILES string of the molecule is CN(CC(=O)NCc1ccc(COCC(F)(F)F)cc1)Cc1ccccc1. The normalized spacial score (nSPS) is 11.6. The second kappa shape index (κ2) is 10.1. The maximum absolute atomic E-state index is 12.0. The number of carbonyl (C=O) groups excluding carboxylic acids is 1. The number of rotatable bonds is 9. The Morgan fingerprint density at radius 3 is 2.26 bits per heavy atom. The van der Waals surface area contributed by atoms with Gasteiger partial charge in [0.2, 0.25) is 5.91 Å². The van der Waals surface area contributed by atoms with Crippen LogP contribution in [-0.2, 0) is 29.2 Å². The largest absolute Gasteiger partial charge is 0.411 e. The van der Waals surface area contributed by atoms with Gasteiger partial charge in [0.1, 0.15) is 6.61 Å². The minimum atomic E-state index is -4.32. The number of alkyl halides is 3. The summed E-state index contributed by atoms with van der Waals surface area (Å²) in [5.74, 6) is -0.0916. The Labute approximate surface area is 156 Å². The molecule has 146 valence electrons. The molecule has 0 saturated carbocycles. The van der Waals surface area contributed by atoms with Gasteiger partial charge >= 0.3 is 6.18 Å². The van der Waals surface area contributed by atoms with Gasteiger partial charge in [-0.2, -0.15) is 13.2 Å². The molecule has 2 rings (SSSR count). The molecule has 0 aliphatic heterocycles. The van der Waals surface area contributed by atoms with Gasteiger partial charge in [0.15, 0.2) is 0 Å². The summed E-state index contributed by atoms with van der Waals surface area (Å²) < 4.78 is 40.7. The number of nitrogens with one attached hydrogen (secondary N) is 1. The number of benzene rings is 2. The fourth-order valence-electron chi connectivity index (χ4n) is 2.49. The van der Waals surface area contributed by atoms with Crippen LogP contribution in [-0.4, -0.2) is 37.2 Å². The van der Waals surface area contributed by atoms with Crippen molar-refractivity contribution >= 4 is 5.91 Å². The second-order valence-corrected chi connectivity index (χ2v) is 6.36. The summed E-state index contributed by atoms with van der Waals surface area (Å²) in [5, 5.41) is 2.84. The second-order valence-electron chi connectivity index (χ2n) is 6.36. The van der Waals surface area contributed by atoms with Crippen molar-refractivity contribution in [2.45, 2.75) is 25.9 Å². The van der Waals surface area contributed by atoms with Crippen LogP contribution in [0.15, 0.2) is 54.6 Å². The number of likely N-dealkylation sites (N-methyl/N-ethyl adjacent to an activating group) is 1. The highest BCUT2D eigenvalue weighted by molar-refractivity contribution is 5.77. The van der Waals surface area contributed by atoms with E-state index in [1.807, 2.05) is 42.3 Å². The Hall–Kier alpha value is -2.38. The van der Waals surface area contributed by atoms with Gasteiger partial charge in [-0.15, -0.1) is 0 Å². The van der Waals surface area contributed by atoms with E-state index < -0.39 is 12.8 Å². The smallest absolute Gasteiger partial charge is 0.367 e. The number of amides is 1. The molecular weight excluding hydrogens is 357 g/mol. The molecule has 0 aliphatic rings. The van der Waals surface area contributed by atoms with E-state index in [9.17, 15) is 18.0 Å². The topological polar surface area (TPSA) is 41.6 Å². The van der Waals surface area contributed by atoms with Crippen molar-refractivity contribution in [1.82, 2.24) is 10.2 Å². The molecule has 1 N–H and O–H groups in total. The molecule has 1 amide bonds. The van der Waals surface area contributed by atoms with Crippen molar-refractivity contribution in [2.24, 2.45) is 0 Å². The van der Waals surface area contributed by atoms with E-state index in [0.29, 0.717) is 18.7 Å². The van der Waals surface area contributed by atoms with Gasteiger partial charge in [-0.1, -0.05) is 54.6 Å². The van der Waals surface area contributed by atoms with Crippen molar-refractivity contribution in [3.8, 4) is 0 Å². The quantitative estimate of drug-likeness (QED) is 0.724. The highest BCUT2D eigenvalue weighted by Gasteiger charge is 2.27. The van der Waals surface area contributed by atoms with Crippen molar-refractivity contribution in [2.75, 3.05) is 20.2 Å². The third-order valence-corrected chi connectivity index (χ3v) is 3.76. The highest BCUT2D eigenvalue weighted by Crippen LogP contribution is 2.15. The number of hydrogen-bond donors (Lipinski definition) is 1. The number of carbonyl (C=O) groups is 1. The van der Waals surface area contributed by atoms with Crippen LogP contribution in [0.4, 0.5) is 13.2 Å². The third kappa shape index (κ3) is 8.70. The fourth-order valence-corrected chi connectivity index (χ4v) is 2.49. The van der Waals surface area contributed by atoms with Crippen LogP contribution in [0.1, 0.15) is 16.7 Å².